The second-order valence-electron chi connectivity index (χ2n) is 3.22. The van der Waals surface area contributed by atoms with E-state index in [1.165, 1.54) is 24.3 Å². The van der Waals surface area contributed by atoms with Gasteiger partial charge in [-0.3, -0.25) is 9.59 Å². The van der Waals surface area contributed by atoms with Gasteiger partial charge in [0.15, 0.2) is 0 Å². The van der Waals surface area contributed by atoms with Crippen LogP contribution in [0, 0.1) is 0 Å². The fraction of sp³-hybridized carbons (Fsp3) is 0.167. The van der Waals surface area contributed by atoms with Crippen molar-refractivity contribution in [1.29, 1.82) is 0 Å². The van der Waals surface area contributed by atoms with Crippen LogP contribution in [-0.4, -0.2) is 37.7 Å². The minimum Gasteiger partial charge on any atom is -0.463 e. The molecule has 0 saturated heterocycles. The standard InChI is InChI=1S/C12H10O6/c1-17-11(15)9(13)7-3-5-8(6-4-7)10(14)12(16)18-2/h3-6H,1-2H3. The van der Waals surface area contributed by atoms with Crippen LogP contribution in [0.15, 0.2) is 24.3 Å². The zero-order valence-corrected chi connectivity index (χ0v) is 9.76. The van der Waals surface area contributed by atoms with Crippen molar-refractivity contribution >= 4 is 23.5 Å². The Kier molecular flexibility index (Phi) is 4.31. The Morgan fingerprint density at radius 2 is 1.00 bits per heavy atom. The Bertz CT molecular complexity index is 453. The predicted molar refractivity (Wildman–Crippen MR) is 59.1 cm³/mol. The quantitative estimate of drug-likeness (QED) is 0.436. The molecule has 0 aliphatic rings. The van der Waals surface area contributed by atoms with Crippen LogP contribution in [0.5, 0.6) is 0 Å². The van der Waals surface area contributed by atoms with Gasteiger partial charge < -0.3 is 9.47 Å². The number of carbonyl (C=O) groups is 4. The highest BCUT2D eigenvalue weighted by molar-refractivity contribution is 6.42. The number of hydrogen-bond donors (Lipinski definition) is 0. The van der Waals surface area contributed by atoms with Crippen LogP contribution in [-0.2, 0) is 19.1 Å². The number of esters is 2. The zero-order chi connectivity index (χ0) is 13.7. The van der Waals surface area contributed by atoms with Crippen LogP contribution >= 0.6 is 0 Å². The maximum absolute atomic E-state index is 11.4. The van der Waals surface area contributed by atoms with Gasteiger partial charge in [0.2, 0.25) is 0 Å². The van der Waals surface area contributed by atoms with Crippen LogP contribution in [0.4, 0.5) is 0 Å². The fourth-order valence-corrected chi connectivity index (χ4v) is 1.19. The molecule has 94 valence electrons. The average molecular weight is 250 g/mol. The minimum absolute atomic E-state index is 0.0725. The summed E-state index contributed by atoms with van der Waals surface area (Å²) >= 11 is 0. The molecule has 6 heteroatoms. The van der Waals surface area contributed by atoms with Crippen LogP contribution < -0.4 is 0 Å². The number of rotatable bonds is 4. The minimum atomic E-state index is -0.998. The lowest BCUT2D eigenvalue weighted by Crippen LogP contribution is -2.17. The number of Topliss-reactive ketones (excluding diaryl/α,β-unsaturated/α-hetero) is 2. The van der Waals surface area contributed by atoms with E-state index in [9.17, 15) is 19.2 Å². The summed E-state index contributed by atoms with van der Waals surface area (Å²) in [5.74, 6) is -3.65. The van der Waals surface area contributed by atoms with Gasteiger partial charge in [0, 0.05) is 11.1 Å². The highest BCUT2D eigenvalue weighted by Gasteiger charge is 2.19. The Balaban J connectivity index is 2.93. The summed E-state index contributed by atoms with van der Waals surface area (Å²) in [6.45, 7) is 0. The zero-order valence-electron chi connectivity index (χ0n) is 9.76. The molecular formula is C12H10O6. The molecule has 0 aliphatic heterocycles. The first-order chi connectivity index (χ1) is 8.51. The molecule has 0 N–H and O–H groups in total. The highest BCUT2D eigenvalue weighted by Crippen LogP contribution is 2.07. The molecule has 0 aromatic heterocycles. The lowest BCUT2D eigenvalue weighted by atomic mass is 10.1. The van der Waals surface area contributed by atoms with E-state index in [2.05, 4.69) is 9.47 Å². The van der Waals surface area contributed by atoms with E-state index in [1.807, 2.05) is 0 Å². The van der Waals surface area contributed by atoms with Gasteiger partial charge in [-0.1, -0.05) is 24.3 Å². The molecule has 0 bridgehead atoms. The monoisotopic (exact) mass is 250 g/mol. The van der Waals surface area contributed by atoms with Gasteiger partial charge >= 0.3 is 11.9 Å². The van der Waals surface area contributed by atoms with Crippen molar-refractivity contribution in [2.45, 2.75) is 0 Å². The van der Waals surface area contributed by atoms with Gasteiger partial charge in [0.1, 0.15) is 0 Å². The van der Waals surface area contributed by atoms with Gasteiger partial charge in [0.05, 0.1) is 14.2 Å². The normalized spacial score (nSPS) is 9.44. The van der Waals surface area contributed by atoms with E-state index in [0.717, 1.165) is 14.2 Å². The smallest absolute Gasteiger partial charge is 0.379 e. The summed E-state index contributed by atoms with van der Waals surface area (Å²) in [7, 11) is 2.19. The Morgan fingerprint density at radius 3 is 1.22 bits per heavy atom. The third-order valence-electron chi connectivity index (χ3n) is 2.15. The van der Waals surface area contributed by atoms with Gasteiger partial charge in [-0.15, -0.1) is 0 Å². The van der Waals surface area contributed by atoms with Crippen LogP contribution in [0.25, 0.3) is 0 Å². The molecule has 0 heterocycles. The first-order valence-electron chi connectivity index (χ1n) is 4.86. The molecule has 1 rings (SSSR count). The number of ether oxygens (including phenoxy) is 2. The maximum Gasteiger partial charge on any atom is 0.379 e. The topological polar surface area (TPSA) is 86.7 Å². The highest BCUT2D eigenvalue weighted by atomic mass is 16.5. The van der Waals surface area contributed by atoms with Crippen molar-refractivity contribution in [2.75, 3.05) is 14.2 Å². The molecular weight excluding hydrogens is 240 g/mol. The SMILES string of the molecule is COC(=O)C(=O)c1ccc(C(=O)C(=O)OC)cc1. The van der Waals surface area contributed by atoms with E-state index in [-0.39, 0.29) is 11.1 Å². The van der Waals surface area contributed by atoms with Crippen LogP contribution in [0.1, 0.15) is 20.7 Å². The molecule has 0 spiro atoms. The van der Waals surface area contributed by atoms with Gasteiger partial charge in [-0.2, -0.15) is 0 Å². The van der Waals surface area contributed by atoms with Crippen LogP contribution in [0.3, 0.4) is 0 Å². The first-order valence-corrected chi connectivity index (χ1v) is 4.86. The number of ketones is 2. The lowest BCUT2D eigenvalue weighted by Gasteiger charge is -2.01. The van der Waals surface area contributed by atoms with Crippen LogP contribution in [0.2, 0.25) is 0 Å². The van der Waals surface area contributed by atoms with E-state index in [1.54, 1.807) is 0 Å². The summed E-state index contributed by atoms with van der Waals surface area (Å²) in [4.78, 5) is 44.7. The van der Waals surface area contributed by atoms with Crippen molar-refractivity contribution < 1.29 is 28.7 Å². The predicted octanol–water partition coefficient (Wildman–Crippen LogP) is 0.398. The molecule has 1 aromatic carbocycles. The molecule has 0 unspecified atom stereocenters. The summed E-state index contributed by atoms with van der Waals surface area (Å²) in [6.07, 6.45) is 0. The van der Waals surface area contributed by atoms with E-state index < -0.39 is 23.5 Å². The molecule has 0 fully saturated rings. The Hall–Kier alpha value is -2.50. The summed E-state index contributed by atoms with van der Waals surface area (Å²) < 4.78 is 8.54. The van der Waals surface area contributed by atoms with E-state index in [4.69, 9.17) is 0 Å². The van der Waals surface area contributed by atoms with Crippen molar-refractivity contribution in [3.05, 3.63) is 35.4 Å². The van der Waals surface area contributed by atoms with Gasteiger partial charge in [0.25, 0.3) is 11.6 Å². The molecule has 1 aromatic rings. The Morgan fingerprint density at radius 1 is 0.722 bits per heavy atom. The van der Waals surface area contributed by atoms with E-state index >= 15 is 0 Å². The second kappa shape index (κ2) is 5.72. The average Bonchev–Trinajstić information content (AvgIpc) is 2.44. The molecule has 0 radical (unpaired) electrons. The molecule has 6 nitrogen and oxygen atoms in total. The molecule has 0 saturated carbocycles. The summed E-state index contributed by atoms with van der Waals surface area (Å²) in [5.41, 5.74) is 0.145. The van der Waals surface area contributed by atoms with Gasteiger partial charge in [-0.05, 0) is 0 Å². The Labute approximate surface area is 102 Å². The number of benzene rings is 1. The summed E-state index contributed by atoms with van der Waals surface area (Å²) in [5, 5.41) is 0. The van der Waals surface area contributed by atoms with Crippen molar-refractivity contribution in [3.8, 4) is 0 Å². The second-order valence-corrected chi connectivity index (χ2v) is 3.22. The summed E-state index contributed by atoms with van der Waals surface area (Å²) in [6, 6.07) is 5.04. The van der Waals surface area contributed by atoms with Crippen molar-refractivity contribution in [2.24, 2.45) is 0 Å². The first kappa shape index (κ1) is 13.6. The van der Waals surface area contributed by atoms with Gasteiger partial charge in [-0.25, -0.2) is 9.59 Å². The maximum atomic E-state index is 11.4. The lowest BCUT2D eigenvalue weighted by molar-refractivity contribution is -0.135. The van der Waals surface area contributed by atoms with Crippen molar-refractivity contribution in [3.63, 3.8) is 0 Å². The molecule has 0 aliphatic carbocycles. The largest absolute Gasteiger partial charge is 0.463 e. The molecule has 0 atom stereocenters. The van der Waals surface area contributed by atoms with E-state index in [0.29, 0.717) is 0 Å². The molecule has 18 heavy (non-hydrogen) atoms. The van der Waals surface area contributed by atoms with Crippen molar-refractivity contribution in [1.82, 2.24) is 0 Å². The number of methoxy groups -OCH3 is 2. The number of carbonyl (C=O) groups excluding carboxylic acids is 4. The number of hydrogen-bond acceptors (Lipinski definition) is 6. The third-order valence-corrected chi connectivity index (χ3v) is 2.15. The third kappa shape index (κ3) is 2.79. The molecule has 0 amide bonds. The fourth-order valence-electron chi connectivity index (χ4n) is 1.19.